The van der Waals surface area contributed by atoms with E-state index in [-0.39, 0.29) is 17.5 Å². The average Bonchev–Trinajstić information content (AvgIpc) is 2.99. The maximum atomic E-state index is 13.3. The summed E-state index contributed by atoms with van der Waals surface area (Å²) in [6, 6.07) is 9.93. The fourth-order valence-corrected chi connectivity index (χ4v) is 3.36. The number of carbonyl (C=O) groups is 4. The molecule has 0 aromatic heterocycles. The Balaban J connectivity index is 1.99. The number of amides is 2. The third kappa shape index (κ3) is 3.73. The lowest BCUT2D eigenvalue weighted by molar-refractivity contribution is -0.147. The van der Waals surface area contributed by atoms with E-state index in [0.717, 1.165) is 12.0 Å². The first-order chi connectivity index (χ1) is 13.9. The predicted molar refractivity (Wildman–Crippen MR) is 98.5 cm³/mol. The van der Waals surface area contributed by atoms with Crippen LogP contribution in [-0.2, 0) is 19.1 Å². The minimum atomic E-state index is -1.36. The number of rotatable bonds is 6. The zero-order valence-corrected chi connectivity index (χ0v) is 15.8. The predicted octanol–water partition coefficient (Wildman–Crippen LogP) is 2.31. The number of fused-ring (bicyclic) bond motifs is 1. The molecule has 2 aromatic carbocycles. The van der Waals surface area contributed by atoms with Crippen molar-refractivity contribution in [3.8, 4) is 0 Å². The highest BCUT2D eigenvalue weighted by molar-refractivity contribution is 6.22. The zero-order chi connectivity index (χ0) is 21.1. The van der Waals surface area contributed by atoms with Gasteiger partial charge >= 0.3 is 11.9 Å². The summed E-state index contributed by atoms with van der Waals surface area (Å²) in [5, 5.41) is 0. The van der Waals surface area contributed by atoms with Crippen LogP contribution < -0.4 is 0 Å². The van der Waals surface area contributed by atoms with Crippen LogP contribution >= 0.6 is 0 Å². The van der Waals surface area contributed by atoms with Crippen molar-refractivity contribution < 1.29 is 33.0 Å². The van der Waals surface area contributed by atoms with E-state index in [4.69, 9.17) is 9.47 Å². The molecule has 0 saturated carbocycles. The molecule has 8 heteroatoms. The van der Waals surface area contributed by atoms with Gasteiger partial charge in [-0.2, -0.15) is 0 Å². The minimum Gasteiger partial charge on any atom is -0.469 e. The normalized spacial score (nSPS) is 14.9. The number of ether oxygens (including phenoxy) is 2. The standard InChI is InChI=1S/C21H18FNO6/c1-28-20(26)16(12-7-9-13(22)10-8-12)11-17(21(27)29-2)23-18(24)14-5-3-4-6-15(14)19(23)25/h3-10,16-17H,11H2,1-2H3/t16-,17-/m0/s1. The maximum absolute atomic E-state index is 13.3. The Kier molecular flexibility index (Phi) is 5.72. The Morgan fingerprint density at radius 1 is 0.897 bits per heavy atom. The molecule has 7 nitrogen and oxygen atoms in total. The minimum absolute atomic E-state index is 0.169. The molecule has 29 heavy (non-hydrogen) atoms. The van der Waals surface area contributed by atoms with E-state index < -0.39 is 41.5 Å². The van der Waals surface area contributed by atoms with Gasteiger partial charge in [0, 0.05) is 0 Å². The van der Waals surface area contributed by atoms with Crippen LogP contribution in [-0.4, -0.2) is 48.9 Å². The van der Waals surface area contributed by atoms with Crippen LogP contribution in [0.15, 0.2) is 48.5 Å². The number of esters is 2. The molecular formula is C21H18FNO6. The van der Waals surface area contributed by atoms with Crippen LogP contribution in [0.1, 0.15) is 38.6 Å². The van der Waals surface area contributed by atoms with Crippen LogP contribution in [0.2, 0.25) is 0 Å². The van der Waals surface area contributed by atoms with Crippen molar-refractivity contribution in [1.29, 1.82) is 0 Å². The van der Waals surface area contributed by atoms with Gasteiger partial charge in [-0.05, 0) is 36.2 Å². The van der Waals surface area contributed by atoms with Crippen LogP contribution in [0.3, 0.4) is 0 Å². The number of imide groups is 1. The molecular weight excluding hydrogens is 381 g/mol. The first kappa shape index (κ1) is 20.2. The average molecular weight is 399 g/mol. The van der Waals surface area contributed by atoms with Gasteiger partial charge in [0.2, 0.25) is 0 Å². The molecule has 2 amide bonds. The highest BCUT2D eigenvalue weighted by Crippen LogP contribution is 2.31. The van der Waals surface area contributed by atoms with Gasteiger partial charge in [-0.3, -0.25) is 19.3 Å². The number of hydrogen-bond acceptors (Lipinski definition) is 6. The van der Waals surface area contributed by atoms with Crippen molar-refractivity contribution in [3.05, 3.63) is 71.0 Å². The largest absolute Gasteiger partial charge is 0.469 e. The van der Waals surface area contributed by atoms with Gasteiger partial charge in [-0.25, -0.2) is 9.18 Å². The highest BCUT2D eigenvalue weighted by Gasteiger charge is 2.45. The Hall–Kier alpha value is -3.55. The summed E-state index contributed by atoms with van der Waals surface area (Å²) >= 11 is 0. The molecule has 1 aliphatic heterocycles. The van der Waals surface area contributed by atoms with Crippen LogP contribution in [0, 0.1) is 5.82 Å². The Morgan fingerprint density at radius 2 is 1.41 bits per heavy atom. The second-order valence-corrected chi connectivity index (χ2v) is 6.43. The molecule has 150 valence electrons. The molecule has 0 aliphatic carbocycles. The van der Waals surface area contributed by atoms with Crippen LogP contribution in [0.5, 0.6) is 0 Å². The molecule has 0 unspecified atom stereocenters. The lowest BCUT2D eigenvalue weighted by Crippen LogP contribution is -2.46. The quantitative estimate of drug-likeness (QED) is 0.547. The number of benzene rings is 2. The lowest BCUT2D eigenvalue weighted by atomic mass is 9.91. The third-order valence-electron chi connectivity index (χ3n) is 4.83. The van der Waals surface area contributed by atoms with Gasteiger partial charge in [0.25, 0.3) is 11.8 Å². The van der Waals surface area contributed by atoms with E-state index in [1.807, 2.05) is 0 Å². The second kappa shape index (κ2) is 8.22. The first-order valence-electron chi connectivity index (χ1n) is 8.77. The number of carbonyl (C=O) groups excluding carboxylic acids is 4. The van der Waals surface area contributed by atoms with Crippen molar-refractivity contribution >= 4 is 23.8 Å². The van der Waals surface area contributed by atoms with Crippen molar-refractivity contribution in [1.82, 2.24) is 4.90 Å². The van der Waals surface area contributed by atoms with Crippen LogP contribution in [0.4, 0.5) is 4.39 Å². The number of nitrogens with zero attached hydrogens (tertiary/aromatic N) is 1. The van der Waals surface area contributed by atoms with Crippen molar-refractivity contribution in [2.75, 3.05) is 14.2 Å². The fraction of sp³-hybridized carbons (Fsp3) is 0.238. The molecule has 0 bridgehead atoms. The van der Waals surface area contributed by atoms with E-state index in [1.54, 1.807) is 12.1 Å². The Bertz CT molecular complexity index is 936. The number of halogens is 1. The van der Waals surface area contributed by atoms with E-state index >= 15 is 0 Å². The molecule has 2 atom stereocenters. The van der Waals surface area contributed by atoms with Gasteiger partial charge in [0.1, 0.15) is 11.9 Å². The molecule has 0 spiro atoms. The molecule has 2 aromatic rings. The number of hydrogen-bond donors (Lipinski definition) is 0. The van der Waals surface area contributed by atoms with Gasteiger partial charge in [0.15, 0.2) is 0 Å². The number of methoxy groups -OCH3 is 2. The second-order valence-electron chi connectivity index (χ2n) is 6.43. The molecule has 0 N–H and O–H groups in total. The Labute approximate surface area is 166 Å². The summed E-state index contributed by atoms with van der Waals surface area (Å²) in [4.78, 5) is 51.3. The first-order valence-corrected chi connectivity index (χ1v) is 8.77. The summed E-state index contributed by atoms with van der Waals surface area (Å²) in [7, 11) is 2.30. The van der Waals surface area contributed by atoms with Gasteiger partial charge in [-0.1, -0.05) is 24.3 Å². The van der Waals surface area contributed by atoms with E-state index in [2.05, 4.69) is 0 Å². The summed E-state index contributed by atoms with van der Waals surface area (Å²) < 4.78 is 22.9. The maximum Gasteiger partial charge on any atom is 0.329 e. The summed E-state index contributed by atoms with van der Waals surface area (Å²) in [5.74, 6) is -4.36. The Morgan fingerprint density at radius 3 is 1.90 bits per heavy atom. The van der Waals surface area contributed by atoms with Crippen LogP contribution in [0.25, 0.3) is 0 Å². The fourth-order valence-electron chi connectivity index (χ4n) is 3.36. The van der Waals surface area contributed by atoms with E-state index in [0.29, 0.717) is 5.56 Å². The van der Waals surface area contributed by atoms with E-state index in [1.165, 1.54) is 43.5 Å². The monoisotopic (exact) mass is 399 g/mol. The molecule has 0 fully saturated rings. The van der Waals surface area contributed by atoms with Crippen molar-refractivity contribution in [3.63, 3.8) is 0 Å². The van der Waals surface area contributed by atoms with Gasteiger partial charge in [0.05, 0.1) is 31.3 Å². The summed E-state index contributed by atoms with van der Waals surface area (Å²) in [5.41, 5.74) is 0.717. The van der Waals surface area contributed by atoms with Crippen molar-refractivity contribution in [2.45, 2.75) is 18.4 Å². The summed E-state index contributed by atoms with van der Waals surface area (Å²) in [6.45, 7) is 0. The highest BCUT2D eigenvalue weighted by atomic mass is 19.1. The molecule has 0 radical (unpaired) electrons. The molecule has 0 saturated heterocycles. The third-order valence-corrected chi connectivity index (χ3v) is 4.83. The zero-order valence-electron chi connectivity index (χ0n) is 15.8. The molecule has 3 rings (SSSR count). The SMILES string of the molecule is COC(=O)[C@@H](C[C@@H](C(=O)OC)N1C(=O)c2ccccc2C1=O)c1ccc(F)cc1. The van der Waals surface area contributed by atoms with Gasteiger partial charge < -0.3 is 9.47 Å². The summed E-state index contributed by atoms with van der Waals surface area (Å²) in [6.07, 6.45) is -0.267. The van der Waals surface area contributed by atoms with E-state index in [9.17, 15) is 23.6 Å². The molecule has 1 heterocycles. The molecule has 1 aliphatic rings. The van der Waals surface area contributed by atoms with Gasteiger partial charge in [-0.15, -0.1) is 0 Å². The smallest absolute Gasteiger partial charge is 0.329 e. The topological polar surface area (TPSA) is 90.0 Å². The lowest BCUT2D eigenvalue weighted by Gasteiger charge is -2.27. The van der Waals surface area contributed by atoms with Crippen molar-refractivity contribution in [2.24, 2.45) is 0 Å².